The van der Waals surface area contributed by atoms with Gasteiger partial charge >= 0.3 is 0 Å². The van der Waals surface area contributed by atoms with Gasteiger partial charge in [0.15, 0.2) is 5.65 Å². The lowest BCUT2D eigenvalue weighted by Gasteiger charge is -2.27. The van der Waals surface area contributed by atoms with Gasteiger partial charge in [0.05, 0.1) is 24.8 Å². The number of fused-ring (bicyclic) bond motifs is 1. The zero-order chi connectivity index (χ0) is 17.4. The van der Waals surface area contributed by atoms with Crippen molar-refractivity contribution >= 4 is 40.1 Å². The van der Waals surface area contributed by atoms with Crippen molar-refractivity contribution in [3.8, 4) is 0 Å². The molecule has 7 nitrogen and oxygen atoms in total. The van der Waals surface area contributed by atoms with Crippen LogP contribution in [0.3, 0.4) is 0 Å². The zero-order valence-corrected chi connectivity index (χ0v) is 14.9. The summed E-state index contributed by atoms with van der Waals surface area (Å²) in [5.74, 6) is 1.40. The first-order valence-electron chi connectivity index (χ1n) is 8.17. The van der Waals surface area contributed by atoms with Crippen LogP contribution in [0.25, 0.3) is 11.0 Å². The maximum atomic E-state index is 6.24. The van der Waals surface area contributed by atoms with Crippen LogP contribution in [-0.2, 0) is 11.8 Å². The number of hydrogen-bond donors (Lipinski definition) is 1. The molecular formula is C17H19ClN6O. The lowest BCUT2D eigenvalue weighted by Crippen LogP contribution is -2.37. The van der Waals surface area contributed by atoms with Crippen molar-refractivity contribution in [2.45, 2.75) is 6.92 Å². The van der Waals surface area contributed by atoms with E-state index >= 15 is 0 Å². The number of benzene rings is 1. The molecule has 0 atom stereocenters. The fourth-order valence-electron chi connectivity index (χ4n) is 2.82. The fourth-order valence-corrected chi connectivity index (χ4v) is 3.00. The number of aromatic nitrogens is 4. The molecule has 130 valence electrons. The summed E-state index contributed by atoms with van der Waals surface area (Å²) in [4.78, 5) is 11.6. The number of nitrogens with one attached hydrogen (secondary N) is 1. The van der Waals surface area contributed by atoms with Crippen LogP contribution < -0.4 is 10.2 Å². The molecule has 0 aliphatic carbocycles. The van der Waals surface area contributed by atoms with Gasteiger partial charge in [0, 0.05) is 30.8 Å². The highest BCUT2D eigenvalue weighted by atomic mass is 35.5. The molecule has 2 aromatic heterocycles. The third kappa shape index (κ3) is 3.12. The predicted octanol–water partition coefficient (Wildman–Crippen LogP) is 2.91. The molecule has 25 heavy (non-hydrogen) atoms. The number of ether oxygens (including phenoxy) is 1. The Hall–Kier alpha value is -2.38. The van der Waals surface area contributed by atoms with Gasteiger partial charge in [-0.2, -0.15) is 15.1 Å². The molecule has 1 aliphatic rings. The van der Waals surface area contributed by atoms with Gasteiger partial charge in [-0.1, -0.05) is 17.7 Å². The molecule has 1 N–H and O–H groups in total. The summed E-state index contributed by atoms with van der Waals surface area (Å²) in [6.07, 6.45) is 1.77. The number of halogens is 1. The molecule has 0 unspecified atom stereocenters. The van der Waals surface area contributed by atoms with Crippen molar-refractivity contribution in [1.29, 1.82) is 0 Å². The maximum absolute atomic E-state index is 6.24. The summed E-state index contributed by atoms with van der Waals surface area (Å²) in [6.45, 7) is 4.90. The second kappa shape index (κ2) is 6.50. The molecule has 1 fully saturated rings. The number of nitrogens with zero attached hydrogens (tertiary/aromatic N) is 5. The first kappa shape index (κ1) is 16.1. The van der Waals surface area contributed by atoms with E-state index in [1.807, 2.05) is 32.2 Å². The summed E-state index contributed by atoms with van der Waals surface area (Å²) >= 11 is 6.24. The molecule has 1 aliphatic heterocycles. The number of rotatable bonds is 3. The Morgan fingerprint density at radius 3 is 2.76 bits per heavy atom. The molecule has 0 amide bonds. The van der Waals surface area contributed by atoms with E-state index in [0.717, 1.165) is 46.2 Å². The largest absolute Gasteiger partial charge is 0.378 e. The molecule has 1 aromatic carbocycles. The van der Waals surface area contributed by atoms with E-state index in [0.29, 0.717) is 19.2 Å². The summed E-state index contributed by atoms with van der Waals surface area (Å²) < 4.78 is 7.18. The quantitative estimate of drug-likeness (QED) is 0.776. The smallest absolute Gasteiger partial charge is 0.229 e. The fraction of sp³-hybridized carbons (Fsp3) is 0.353. The van der Waals surface area contributed by atoms with Crippen molar-refractivity contribution < 1.29 is 4.74 Å². The lowest BCUT2D eigenvalue weighted by molar-refractivity contribution is 0.122. The minimum absolute atomic E-state index is 0.681. The summed E-state index contributed by atoms with van der Waals surface area (Å²) in [6, 6.07) is 5.87. The van der Waals surface area contributed by atoms with Gasteiger partial charge in [-0.05, 0) is 24.6 Å². The molecule has 0 bridgehead atoms. The van der Waals surface area contributed by atoms with Gasteiger partial charge in [-0.3, -0.25) is 4.68 Å². The molecule has 4 rings (SSSR count). The molecular weight excluding hydrogens is 340 g/mol. The third-order valence-electron chi connectivity index (χ3n) is 4.31. The molecule has 0 saturated carbocycles. The molecule has 3 aromatic rings. The Bertz CT molecular complexity index is 919. The Morgan fingerprint density at radius 2 is 2.00 bits per heavy atom. The minimum atomic E-state index is 0.681. The monoisotopic (exact) mass is 358 g/mol. The first-order chi connectivity index (χ1) is 12.1. The Morgan fingerprint density at radius 1 is 1.20 bits per heavy atom. The highest BCUT2D eigenvalue weighted by molar-refractivity contribution is 6.31. The number of aryl methyl sites for hydroxylation is 2. The second-order valence-corrected chi connectivity index (χ2v) is 6.47. The number of anilines is 3. The SMILES string of the molecule is Cc1ccc(Nc2nc(N3CCOCC3)nc3c2cnn3C)cc1Cl. The van der Waals surface area contributed by atoms with Crippen molar-refractivity contribution in [2.75, 3.05) is 36.5 Å². The van der Waals surface area contributed by atoms with Crippen LogP contribution in [0.2, 0.25) is 5.02 Å². The van der Waals surface area contributed by atoms with Crippen molar-refractivity contribution in [1.82, 2.24) is 19.7 Å². The molecule has 8 heteroatoms. The van der Waals surface area contributed by atoms with Gasteiger partial charge in [0.1, 0.15) is 5.82 Å². The normalized spacial score (nSPS) is 14.9. The van der Waals surface area contributed by atoms with E-state index < -0.39 is 0 Å². The van der Waals surface area contributed by atoms with Crippen molar-refractivity contribution in [2.24, 2.45) is 7.05 Å². The number of hydrogen-bond acceptors (Lipinski definition) is 6. The molecule has 0 spiro atoms. The van der Waals surface area contributed by atoms with E-state index in [-0.39, 0.29) is 0 Å². The van der Waals surface area contributed by atoms with E-state index in [9.17, 15) is 0 Å². The van der Waals surface area contributed by atoms with Crippen LogP contribution in [0.15, 0.2) is 24.4 Å². The first-order valence-corrected chi connectivity index (χ1v) is 8.55. The standard InChI is InChI=1S/C17H19ClN6O/c1-11-3-4-12(9-14(11)18)20-15-13-10-19-23(2)16(13)22-17(21-15)24-5-7-25-8-6-24/h3-4,9-10H,5-8H2,1-2H3,(H,20,21,22). The zero-order valence-electron chi connectivity index (χ0n) is 14.2. The second-order valence-electron chi connectivity index (χ2n) is 6.07. The third-order valence-corrected chi connectivity index (χ3v) is 4.72. The van der Waals surface area contributed by atoms with Crippen molar-refractivity contribution in [3.05, 3.63) is 35.0 Å². The van der Waals surface area contributed by atoms with E-state index in [2.05, 4.69) is 20.3 Å². The summed E-state index contributed by atoms with van der Waals surface area (Å²) in [7, 11) is 1.88. The molecule has 0 radical (unpaired) electrons. The highest BCUT2D eigenvalue weighted by Gasteiger charge is 2.18. The minimum Gasteiger partial charge on any atom is -0.378 e. The van der Waals surface area contributed by atoms with Gasteiger partial charge in [-0.25, -0.2) is 0 Å². The predicted molar refractivity (Wildman–Crippen MR) is 98.8 cm³/mol. The van der Waals surface area contributed by atoms with Crippen LogP contribution in [0.5, 0.6) is 0 Å². The van der Waals surface area contributed by atoms with Gasteiger partial charge in [-0.15, -0.1) is 0 Å². The van der Waals surface area contributed by atoms with Crippen molar-refractivity contribution in [3.63, 3.8) is 0 Å². The highest BCUT2D eigenvalue weighted by Crippen LogP contribution is 2.28. The van der Waals surface area contributed by atoms with Crippen LogP contribution >= 0.6 is 11.6 Å². The van der Waals surface area contributed by atoms with Gasteiger partial charge in [0.2, 0.25) is 5.95 Å². The van der Waals surface area contributed by atoms with Crippen LogP contribution in [0.4, 0.5) is 17.5 Å². The Balaban J connectivity index is 1.76. The van der Waals surface area contributed by atoms with Gasteiger partial charge < -0.3 is 15.0 Å². The average molecular weight is 359 g/mol. The van der Waals surface area contributed by atoms with E-state index in [4.69, 9.17) is 21.3 Å². The Kier molecular flexibility index (Phi) is 4.19. The van der Waals surface area contributed by atoms with Crippen LogP contribution in [0, 0.1) is 6.92 Å². The van der Waals surface area contributed by atoms with Gasteiger partial charge in [0.25, 0.3) is 0 Å². The topological polar surface area (TPSA) is 68.1 Å². The lowest BCUT2D eigenvalue weighted by atomic mass is 10.2. The van der Waals surface area contributed by atoms with E-state index in [1.165, 1.54) is 0 Å². The summed E-state index contributed by atoms with van der Waals surface area (Å²) in [5, 5.41) is 9.27. The maximum Gasteiger partial charge on any atom is 0.229 e. The number of morpholine rings is 1. The van der Waals surface area contributed by atoms with Crippen LogP contribution in [-0.4, -0.2) is 46.1 Å². The summed E-state index contributed by atoms with van der Waals surface area (Å²) in [5.41, 5.74) is 2.71. The molecule has 3 heterocycles. The van der Waals surface area contributed by atoms with E-state index in [1.54, 1.807) is 10.9 Å². The average Bonchev–Trinajstić information content (AvgIpc) is 3.00. The Labute approximate surface area is 150 Å². The molecule has 1 saturated heterocycles. The van der Waals surface area contributed by atoms with Crippen LogP contribution in [0.1, 0.15) is 5.56 Å².